The van der Waals surface area contributed by atoms with E-state index in [1.807, 2.05) is 6.08 Å². The molecule has 8 bridgehead atoms. The van der Waals surface area contributed by atoms with E-state index in [9.17, 15) is 15.3 Å². The summed E-state index contributed by atoms with van der Waals surface area (Å²) in [7, 11) is 1.53. The average Bonchev–Trinajstić information content (AvgIpc) is 3.66. The van der Waals surface area contributed by atoms with Crippen molar-refractivity contribution in [3.8, 4) is 0 Å². The van der Waals surface area contributed by atoms with Crippen LogP contribution in [0, 0.1) is 22.7 Å². The second-order valence-electron chi connectivity index (χ2n) is 15.8. The second-order valence-corrected chi connectivity index (χ2v) is 15.8. The van der Waals surface area contributed by atoms with E-state index < -0.39 is 28.6 Å². The lowest BCUT2D eigenvalue weighted by molar-refractivity contribution is -0.256. The number of carbonyl (C=O) groups is 1. The normalized spacial score (nSPS) is 36.6. The molecule has 6 aliphatic rings. The zero-order valence-corrected chi connectivity index (χ0v) is 27.4. The van der Waals surface area contributed by atoms with Crippen LogP contribution in [0.25, 0.3) is 16.8 Å². The summed E-state index contributed by atoms with van der Waals surface area (Å²) in [5.41, 5.74) is 6.10. The first-order chi connectivity index (χ1) is 22.7. The molecule has 47 heavy (non-hydrogen) atoms. The zero-order chi connectivity index (χ0) is 32.3. The van der Waals surface area contributed by atoms with Crippen LogP contribution in [0.5, 0.6) is 0 Å². The maximum absolute atomic E-state index is 15.1. The van der Waals surface area contributed by atoms with E-state index in [1.54, 1.807) is 0 Å². The predicted molar refractivity (Wildman–Crippen MR) is 183 cm³/mol. The monoisotopic (exact) mass is 630 g/mol. The first-order valence-electron chi connectivity index (χ1n) is 17.9. The Kier molecular flexibility index (Phi) is 6.52. The highest BCUT2D eigenvalue weighted by atomic mass is 16.6. The van der Waals surface area contributed by atoms with Gasteiger partial charge in [-0.05, 0) is 108 Å². The number of methoxy groups -OCH3 is 1. The minimum Gasteiger partial charge on any atom is -0.396 e. The van der Waals surface area contributed by atoms with Crippen LogP contribution in [0.15, 0.2) is 66.8 Å². The third-order valence-corrected chi connectivity index (χ3v) is 14.2. The molecule has 6 aliphatic carbocycles. The van der Waals surface area contributed by atoms with Crippen molar-refractivity contribution in [1.82, 2.24) is 0 Å². The smallest absolute Gasteiger partial charge is 0.185 e. The fourth-order valence-corrected chi connectivity index (χ4v) is 12.3. The van der Waals surface area contributed by atoms with Gasteiger partial charge in [0.05, 0.1) is 11.5 Å². The quantitative estimate of drug-likeness (QED) is 0.216. The van der Waals surface area contributed by atoms with Crippen LogP contribution in [0.4, 0.5) is 0 Å². The highest BCUT2D eigenvalue weighted by Gasteiger charge is 2.81. The number of ether oxygens (including phenoxy) is 1. The Morgan fingerprint density at radius 1 is 0.936 bits per heavy atom. The molecule has 3 aromatic carbocycles. The average molecular weight is 631 g/mol. The fraction of sp³-hybridized carbons (Fsp3) is 0.500. The van der Waals surface area contributed by atoms with E-state index >= 15 is 4.79 Å². The number of Topliss-reactive ketones (excluding diaryl/α,β-unsaturated/α-hetero) is 1. The minimum atomic E-state index is -1.72. The van der Waals surface area contributed by atoms with Crippen molar-refractivity contribution in [3.05, 3.63) is 100 Å². The number of aryl methyl sites for hydroxylation is 2. The first-order valence-corrected chi connectivity index (χ1v) is 17.9. The summed E-state index contributed by atoms with van der Waals surface area (Å²) in [6, 6.07) is 18.1. The van der Waals surface area contributed by atoms with Gasteiger partial charge in [-0.2, -0.15) is 0 Å². The van der Waals surface area contributed by atoms with Gasteiger partial charge in [0, 0.05) is 42.8 Å². The highest BCUT2D eigenvalue weighted by Crippen LogP contribution is 2.76. The Morgan fingerprint density at radius 3 is 2.51 bits per heavy atom. The van der Waals surface area contributed by atoms with Gasteiger partial charge in [0.2, 0.25) is 0 Å². The summed E-state index contributed by atoms with van der Waals surface area (Å²) in [6.07, 6.45) is 12.2. The molecular weight excluding hydrogens is 584 g/mol. The molecule has 3 fully saturated rings. The van der Waals surface area contributed by atoms with E-state index in [-0.39, 0.29) is 36.1 Å². The van der Waals surface area contributed by atoms with E-state index in [1.165, 1.54) is 40.3 Å². The van der Waals surface area contributed by atoms with Crippen LogP contribution in [0.1, 0.15) is 90.7 Å². The van der Waals surface area contributed by atoms with Gasteiger partial charge < -0.3 is 20.1 Å². The number of ketones is 1. The molecular formula is C42H46O5. The van der Waals surface area contributed by atoms with Crippen molar-refractivity contribution in [2.75, 3.05) is 13.7 Å². The molecule has 3 saturated carbocycles. The van der Waals surface area contributed by atoms with E-state index in [0.717, 1.165) is 61.5 Å². The standard InChI is InChI=1S/C42H46O5/c1-25-37-32(24-43)23-41(42(37,46)47-2)36(45)13-10-26-7-5-9-33(17-26)39(14-3-4-15-39)38-34-21-30-20-31-22-40(25,41)16-6-8-27(31)18-29(30)19-28(34)11-12-35(38)44/h5,7,9,11-12,17-21,32,35,37-38,43-44,46H,1,3-4,6,8,10,13-16,22-24H2,2H3. The Balaban J connectivity index is 1.32. The van der Waals surface area contributed by atoms with Gasteiger partial charge in [0.25, 0.3) is 0 Å². The molecule has 0 heterocycles. The van der Waals surface area contributed by atoms with Gasteiger partial charge in [-0.25, -0.2) is 0 Å². The van der Waals surface area contributed by atoms with Crippen molar-refractivity contribution >= 4 is 22.6 Å². The molecule has 9 rings (SSSR count). The number of aliphatic hydroxyl groups excluding tert-OH is 2. The molecule has 0 amide bonds. The third-order valence-electron chi connectivity index (χ3n) is 14.2. The van der Waals surface area contributed by atoms with Crippen molar-refractivity contribution in [2.24, 2.45) is 22.7 Å². The molecule has 0 aliphatic heterocycles. The number of benzene rings is 3. The number of carbonyl (C=O) groups excluding carboxylic acids is 1. The summed E-state index contributed by atoms with van der Waals surface area (Å²) < 4.78 is 6.09. The Hall–Kier alpha value is -3.09. The minimum absolute atomic E-state index is 0.0264. The van der Waals surface area contributed by atoms with Crippen molar-refractivity contribution < 1.29 is 24.9 Å². The SMILES string of the molecule is C=C1C2C(CO)CC3(C(=O)CCc4cccc(c4)C4(CCCC4)C4c5cc6cc7c(cc6cc5C=CC4O)CCCC13C7)C2(O)OC. The van der Waals surface area contributed by atoms with Crippen LogP contribution < -0.4 is 0 Å². The van der Waals surface area contributed by atoms with Crippen molar-refractivity contribution in [1.29, 1.82) is 0 Å². The highest BCUT2D eigenvalue weighted by molar-refractivity contribution is 5.91. The summed E-state index contributed by atoms with van der Waals surface area (Å²) in [5, 5.41) is 37.3. The van der Waals surface area contributed by atoms with Gasteiger partial charge in [0.1, 0.15) is 5.78 Å². The Labute approximate surface area is 277 Å². The summed E-state index contributed by atoms with van der Waals surface area (Å²) in [5.74, 6) is -2.52. The van der Waals surface area contributed by atoms with Crippen LogP contribution in [-0.4, -0.2) is 46.7 Å². The van der Waals surface area contributed by atoms with Crippen molar-refractivity contribution in [3.63, 3.8) is 0 Å². The fourth-order valence-electron chi connectivity index (χ4n) is 12.3. The molecule has 0 radical (unpaired) electrons. The van der Waals surface area contributed by atoms with Crippen LogP contribution in [-0.2, 0) is 34.2 Å². The van der Waals surface area contributed by atoms with Crippen LogP contribution in [0.2, 0.25) is 0 Å². The lowest BCUT2D eigenvalue weighted by atomic mass is 9.53. The summed E-state index contributed by atoms with van der Waals surface area (Å²) in [4.78, 5) is 15.1. The lowest BCUT2D eigenvalue weighted by Crippen LogP contribution is -2.57. The molecule has 3 N–H and O–H groups in total. The van der Waals surface area contributed by atoms with Gasteiger partial charge in [-0.3, -0.25) is 4.79 Å². The third kappa shape index (κ3) is 3.67. The molecule has 7 unspecified atom stereocenters. The molecule has 3 aromatic rings. The molecule has 3 spiro atoms. The van der Waals surface area contributed by atoms with Gasteiger partial charge >= 0.3 is 0 Å². The van der Waals surface area contributed by atoms with Gasteiger partial charge in [-0.15, -0.1) is 0 Å². The largest absolute Gasteiger partial charge is 0.396 e. The number of hydrogen-bond acceptors (Lipinski definition) is 5. The molecule has 5 heteroatoms. The second kappa shape index (κ2) is 10.2. The maximum Gasteiger partial charge on any atom is 0.185 e. The topological polar surface area (TPSA) is 87.0 Å². The number of fused-ring (bicyclic) bond motifs is 5. The van der Waals surface area contributed by atoms with Crippen molar-refractivity contribution in [2.45, 2.75) is 93.9 Å². The molecule has 244 valence electrons. The lowest BCUT2D eigenvalue weighted by Gasteiger charge is -2.50. The number of aliphatic hydroxyl groups is 3. The molecule has 0 aromatic heterocycles. The van der Waals surface area contributed by atoms with Crippen LogP contribution in [0.3, 0.4) is 0 Å². The Bertz CT molecular complexity index is 1870. The summed E-state index contributed by atoms with van der Waals surface area (Å²) >= 11 is 0. The molecule has 0 saturated heterocycles. The van der Waals surface area contributed by atoms with E-state index in [2.05, 4.69) is 61.2 Å². The summed E-state index contributed by atoms with van der Waals surface area (Å²) in [6.45, 7) is 4.55. The molecule has 5 nitrogen and oxygen atoms in total. The maximum atomic E-state index is 15.1. The van der Waals surface area contributed by atoms with Gasteiger partial charge in [0.15, 0.2) is 5.79 Å². The number of rotatable bonds is 2. The van der Waals surface area contributed by atoms with Gasteiger partial charge in [-0.1, -0.05) is 79.6 Å². The van der Waals surface area contributed by atoms with E-state index in [4.69, 9.17) is 4.74 Å². The zero-order valence-electron chi connectivity index (χ0n) is 27.4. The first kappa shape index (κ1) is 30.0. The van der Waals surface area contributed by atoms with Crippen LogP contribution >= 0.6 is 0 Å². The predicted octanol–water partition coefficient (Wildman–Crippen LogP) is 6.72. The number of hydrogen-bond donors (Lipinski definition) is 3. The van der Waals surface area contributed by atoms with E-state index in [0.29, 0.717) is 19.3 Å². The Morgan fingerprint density at radius 2 is 1.72 bits per heavy atom. The molecule has 7 atom stereocenters.